The molecule has 0 saturated heterocycles. The molecule has 3 rings (SSSR count). The smallest absolute Gasteiger partial charge is 0.193 e. The van der Waals surface area contributed by atoms with E-state index >= 15 is 0 Å². The fourth-order valence-corrected chi connectivity index (χ4v) is 4.03. The van der Waals surface area contributed by atoms with Crippen molar-refractivity contribution in [3.05, 3.63) is 23.5 Å². The summed E-state index contributed by atoms with van der Waals surface area (Å²) in [4.78, 5) is 5.72. The van der Waals surface area contributed by atoms with E-state index < -0.39 is 0 Å². The van der Waals surface area contributed by atoms with Crippen molar-refractivity contribution in [2.75, 3.05) is 0 Å². The number of nitrogens with two attached hydrogens (primary N) is 1. The number of nitrogens with zero attached hydrogens (tertiary/aromatic N) is 2. The van der Waals surface area contributed by atoms with Crippen molar-refractivity contribution in [3.63, 3.8) is 0 Å². The van der Waals surface area contributed by atoms with E-state index in [0.717, 1.165) is 23.0 Å². The molecule has 2 N–H and O–H groups in total. The van der Waals surface area contributed by atoms with Crippen LogP contribution in [0.4, 0.5) is 0 Å². The summed E-state index contributed by atoms with van der Waals surface area (Å²) in [5.41, 5.74) is 7.56. The molecule has 19 heavy (non-hydrogen) atoms. The third kappa shape index (κ3) is 2.84. The normalized spacial score (nSPS) is 25.8. The Balaban J connectivity index is 1.59. The zero-order valence-electron chi connectivity index (χ0n) is 11.6. The zero-order chi connectivity index (χ0) is 13.2. The molecule has 2 aromatic heterocycles. The highest BCUT2D eigenvalue weighted by molar-refractivity contribution is 7.15. The van der Waals surface area contributed by atoms with E-state index in [9.17, 15) is 0 Å². The monoisotopic (exact) mass is 277 g/mol. The minimum absolute atomic E-state index is 0.280. The van der Waals surface area contributed by atoms with Crippen LogP contribution >= 0.6 is 11.3 Å². The summed E-state index contributed by atoms with van der Waals surface area (Å²) in [6.45, 7) is 2.31. The first kappa shape index (κ1) is 13.1. The van der Waals surface area contributed by atoms with Crippen LogP contribution < -0.4 is 5.73 Å². The van der Waals surface area contributed by atoms with E-state index in [4.69, 9.17) is 5.73 Å². The minimum atomic E-state index is 0.280. The van der Waals surface area contributed by atoms with Gasteiger partial charge in [-0.25, -0.2) is 4.98 Å². The first-order valence-electron chi connectivity index (χ1n) is 7.43. The number of fused-ring (bicyclic) bond motifs is 1. The highest BCUT2D eigenvalue weighted by atomic mass is 32.1. The lowest BCUT2D eigenvalue weighted by atomic mass is 9.77. The number of hydrogen-bond donors (Lipinski definition) is 1. The summed E-state index contributed by atoms with van der Waals surface area (Å²) in [5.74, 6) is 1.64. The standard InChI is InChI=1S/C15H23N3S/c1-2-11-3-5-12(6-4-11)14(16)9-13-10-18-7-8-19-15(18)17-13/h7-8,10-12,14H,2-6,9,16H2,1H3. The second-order valence-corrected chi connectivity index (χ2v) is 6.76. The van der Waals surface area contributed by atoms with Crippen molar-refractivity contribution >= 4 is 16.3 Å². The van der Waals surface area contributed by atoms with Crippen molar-refractivity contribution in [3.8, 4) is 0 Å². The van der Waals surface area contributed by atoms with Crippen LogP contribution in [0.5, 0.6) is 0 Å². The van der Waals surface area contributed by atoms with Crippen LogP contribution in [0.1, 0.15) is 44.7 Å². The van der Waals surface area contributed by atoms with Gasteiger partial charge in [-0.1, -0.05) is 26.2 Å². The van der Waals surface area contributed by atoms with Crippen LogP contribution in [-0.4, -0.2) is 15.4 Å². The molecule has 0 aromatic carbocycles. The summed E-state index contributed by atoms with van der Waals surface area (Å²) in [6, 6.07) is 0.280. The molecule has 3 nitrogen and oxygen atoms in total. The van der Waals surface area contributed by atoms with Gasteiger partial charge in [-0.15, -0.1) is 11.3 Å². The first-order valence-corrected chi connectivity index (χ1v) is 8.31. The van der Waals surface area contributed by atoms with E-state index in [1.165, 1.54) is 32.1 Å². The highest BCUT2D eigenvalue weighted by Crippen LogP contribution is 2.32. The molecule has 1 saturated carbocycles. The van der Waals surface area contributed by atoms with E-state index in [-0.39, 0.29) is 6.04 Å². The molecule has 0 amide bonds. The Labute approximate surface area is 118 Å². The molecular formula is C15H23N3S. The Morgan fingerprint density at radius 3 is 2.89 bits per heavy atom. The molecule has 4 heteroatoms. The van der Waals surface area contributed by atoms with Gasteiger partial charge in [-0.3, -0.25) is 4.40 Å². The number of thiazole rings is 1. The van der Waals surface area contributed by atoms with Gasteiger partial charge in [-0.05, 0) is 24.7 Å². The lowest BCUT2D eigenvalue weighted by molar-refractivity contribution is 0.237. The van der Waals surface area contributed by atoms with Crippen molar-refractivity contribution in [1.82, 2.24) is 9.38 Å². The Kier molecular flexibility index (Phi) is 3.89. The van der Waals surface area contributed by atoms with E-state index in [2.05, 4.69) is 34.1 Å². The first-order chi connectivity index (χ1) is 9.26. The van der Waals surface area contributed by atoms with Crippen LogP contribution in [0.25, 0.3) is 4.96 Å². The Morgan fingerprint density at radius 2 is 2.21 bits per heavy atom. The van der Waals surface area contributed by atoms with Gasteiger partial charge < -0.3 is 5.73 Å². The topological polar surface area (TPSA) is 43.3 Å². The molecule has 1 atom stereocenters. The fourth-order valence-electron chi connectivity index (χ4n) is 3.31. The summed E-state index contributed by atoms with van der Waals surface area (Å²) < 4.78 is 2.10. The summed E-state index contributed by atoms with van der Waals surface area (Å²) in [6.07, 6.45) is 11.8. The Bertz CT molecular complexity index is 494. The van der Waals surface area contributed by atoms with Crippen molar-refractivity contribution in [2.45, 2.75) is 51.5 Å². The Morgan fingerprint density at radius 1 is 1.42 bits per heavy atom. The van der Waals surface area contributed by atoms with Crippen LogP contribution in [0.15, 0.2) is 17.8 Å². The predicted molar refractivity (Wildman–Crippen MR) is 80.5 cm³/mol. The lowest BCUT2D eigenvalue weighted by Gasteiger charge is -2.31. The third-order valence-electron chi connectivity index (χ3n) is 4.66. The third-order valence-corrected chi connectivity index (χ3v) is 5.43. The number of rotatable bonds is 4. The van der Waals surface area contributed by atoms with E-state index in [1.807, 2.05) is 0 Å². The quantitative estimate of drug-likeness (QED) is 0.929. The van der Waals surface area contributed by atoms with E-state index in [0.29, 0.717) is 5.92 Å². The average molecular weight is 277 g/mol. The second-order valence-electron chi connectivity index (χ2n) is 5.88. The summed E-state index contributed by atoms with van der Waals surface area (Å²) in [7, 11) is 0. The SMILES string of the molecule is CCC1CCC(C(N)Cc2cn3ccsc3n2)CC1. The molecule has 1 aliphatic rings. The minimum Gasteiger partial charge on any atom is -0.327 e. The van der Waals surface area contributed by atoms with Gasteiger partial charge in [0.25, 0.3) is 0 Å². The van der Waals surface area contributed by atoms with Gasteiger partial charge in [0.2, 0.25) is 0 Å². The molecule has 1 aliphatic carbocycles. The molecule has 0 aliphatic heterocycles. The zero-order valence-corrected chi connectivity index (χ0v) is 12.4. The molecule has 0 radical (unpaired) electrons. The maximum atomic E-state index is 6.41. The van der Waals surface area contributed by atoms with Gasteiger partial charge in [0.05, 0.1) is 5.69 Å². The van der Waals surface area contributed by atoms with Gasteiger partial charge >= 0.3 is 0 Å². The van der Waals surface area contributed by atoms with Crippen LogP contribution in [0.3, 0.4) is 0 Å². The van der Waals surface area contributed by atoms with Crippen LogP contribution in [-0.2, 0) is 6.42 Å². The van der Waals surface area contributed by atoms with Gasteiger partial charge in [0, 0.05) is 30.2 Å². The van der Waals surface area contributed by atoms with Crippen LogP contribution in [0.2, 0.25) is 0 Å². The average Bonchev–Trinajstić information content (AvgIpc) is 2.99. The lowest BCUT2D eigenvalue weighted by Crippen LogP contribution is -2.35. The number of hydrogen-bond acceptors (Lipinski definition) is 3. The van der Waals surface area contributed by atoms with Crippen molar-refractivity contribution in [2.24, 2.45) is 17.6 Å². The molecule has 2 heterocycles. The summed E-state index contributed by atoms with van der Waals surface area (Å²) >= 11 is 1.69. The molecule has 0 spiro atoms. The van der Waals surface area contributed by atoms with Crippen LogP contribution in [0, 0.1) is 11.8 Å². The van der Waals surface area contributed by atoms with Gasteiger partial charge in [0.15, 0.2) is 4.96 Å². The predicted octanol–water partition coefficient (Wildman–Crippen LogP) is 3.48. The van der Waals surface area contributed by atoms with E-state index in [1.54, 1.807) is 11.3 Å². The van der Waals surface area contributed by atoms with Crippen molar-refractivity contribution in [1.29, 1.82) is 0 Å². The molecule has 2 aromatic rings. The molecule has 1 fully saturated rings. The molecule has 0 bridgehead atoms. The fraction of sp³-hybridized carbons (Fsp3) is 0.667. The summed E-state index contributed by atoms with van der Waals surface area (Å²) in [5, 5.41) is 2.07. The Hall–Kier alpha value is -0.870. The second kappa shape index (κ2) is 5.63. The van der Waals surface area contributed by atoms with Crippen molar-refractivity contribution < 1.29 is 0 Å². The van der Waals surface area contributed by atoms with Gasteiger partial charge in [0.1, 0.15) is 0 Å². The maximum Gasteiger partial charge on any atom is 0.193 e. The number of imidazole rings is 1. The maximum absolute atomic E-state index is 6.41. The molecule has 104 valence electrons. The van der Waals surface area contributed by atoms with Gasteiger partial charge in [-0.2, -0.15) is 0 Å². The highest BCUT2D eigenvalue weighted by Gasteiger charge is 2.25. The molecule has 1 unspecified atom stereocenters. The number of aromatic nitrogens is 2. The largest absolute Gasteiger partial charge is 0.327 e. The molecular weight excluding hydrogens is 254 g/mol.